The molecule has 2 aromatic carbocycles. The van der Waals surface area contributed by atoms with Crippen LogP contribution in [0, 0.1) is 11.8 Å². The molecular formula is C25H33N2NaO3. The second kappa shape index (κ2) is 11.3. The Morgan fingerprint density at radius 2 is 1.94 bits per heavy atom. The van der Waals surface area contributed by atoms with Crippen molar-refractivity contribution in [2.45, 2.75) is 38.5 Å². The van der Waals surface area contributed by atoms with Crippen LogP contribution in [0.4, 0.5) is 0 Å². The minimum absolute atomic E-state index is 0. The van der Waals surface area contributed by atoms with Crippen LogP contribution in [-0.4, -0.2) is 36.9 Å². The third-order valence-corrected chi connectivity index (χ3v) is 6.50. The van der Waals surface area contributed by atoms with E-state index in [1.807, 2.05) is 42.5 Å². The first-order valence-electron chi connectivity index (χ1n) is 10.6. The first-order chi connectivity index (χ1) is 14.3. The van der Waals surface area contributed by atoms with Crippen LogP contribution in [0.2, 0.25) is 0 Å². The van der Waals surface area contributed by atoms with E-state index in [0.29, 0.717) is 12.2 Å². The molecule has 31 heavy (non-hydrogen) atoms. The van der Waals surface area contributed by atoms with Gasteiger partial charge in [0.05, 0.1) is 0 Å². The summed E-state index contributed by atoms with van der Waals surface area (Å²) in [6, 6.07) is 17.9. The third-order valence-electron chi connectivity index (χ3n) is 6.50. The normalized spacial score (nSPS) is 22.2. The van der Waals surface area contributed by atoms with Crippen LogP contribution in [-0.2, 0) is 21.4 Å². The van der Waals surface area contributed by atoms with Crippen molar-refractivity contribution in [2.24, 2.45) is 17.6 Å². The molecule has 2 N–H and O–H groups in total. The first-order valence-corrected chi connectivity index (χ1v) is 10.6. The Balaban J connectivity index is 0.00000256. The molecule has 1 aliphatic rings. The van der Waals surface area contributed by atoms with E-state index in [9.17, 15) is 9.59 Å². The first kappa shape index (κ1) is 25.6. The molecule has 1 heterocycles. The topological polar surface area (TPSA) is 72.6 Å². The van der Waals surface area contributed by atoms with E-state index in [1.54, 1.807) is 6.07 Å². The molecule has 0 radical (unpaired) electrons. The summed E-state index contributed by atoms with van der Waals surface area (Å²) in [5.74, 6) is 0.0246. The molecule has 2 unspecified atom stereocenters. The maximum atomic E-state index is 12.3. The Kier molecular flexibility index (Phi) is 9.31. The van der Waals surface area contributed by atoms with Crippen molar-refractivity contribution in [3.8, 4) is 5.75 Å². The zero-order valence-electron chi connectivity index (χ0n) is 20.1. The van der Waals surface area contributed by atoms with Gasteiger partial charge in [0.25, 0.3) is 0 Å². The molecule has 3 atom stereocenters. The fourth-order valence-corrected chi connectivity index (χ4v) is 4.63. The number of hydrogen-bond acceptors (Lipinski definition) is 4. The second-order valence-electron chi connectivity index (χ2n) is 8.77. The average Bonchev–Trinajstić information content (AvgIpc) is 2.70. The van der Waals surface area contributed by atoms with Crippen LogP contribution < -0.4 is 40.0 Å². The number of nitrogens with zero attached hydrogens (tertiary/aromatic N) is 1. The van der Waals surface area contributed by atoms with Gasteiger partial charge in [-0.2, -0.15) is 0 Å². The maximum Gasteiger partial charge on any atom is 1.00 e. The molecule has 1 amide bonds. The molecular weight excluding hydrogens is 399 g/mol. The summed E-state index contributed by atoms with van der Waals surface area (Å²) in [4.78, 5) is 26.1. The standard InChI is InChI=1S/C25H32N2O3.Na.H/c1-18(28)30-23-11-7-10-21(16-23)25(2)12-13-27(3)17-22(25)15-20(24(26)29)14-19-8-5-4-6-9-19;;/h4-11,16,20,22H,12-15,17H2,1-3H3,(H2,26,29);;/q;+1;-1/t20-,22?,25?;;/m1../s1. The van der Waals surface area contributed by atoms with E-state index in [-0.39, 0.29) is 60.1 Å². The van der Waals surface area contributed by atoms with Gasteiger partial charge >= 0.3 is 35.5 Å². The van der Waals surface area contributed by atoms with Crippen LogP contribution in [0.1, 0.15) is 39.2 Å². The monoisotopic (exact) mass is 432 g/mol. The van der Waals surface area contributed by atoms with Crippen molar-refractivity contribution in [2.75, 3.05) is 20.1 Å². The largest absolute Gasteiger partial charge is 1.00 e. The summed E-state index contributed by atoms with van der Waals surface area (Å²) in [7, 11) is 2.12. The molecule has 1 fully saturated rings. The third kappa shape index (κ3) is 6.66. The van der Waals surface area contributed by atoms with E-state index < -0.39 is 0 Å². The number of hydrogen-bond donors (Lipinski definition) is 1. The van der Waals surface area contributed by atoms with Gasteiger partial charge in [-0.05, 0) is 67.4 Å². The number of likely N-dealkylation sites (tertiary alicyclic amines) is 1. The van der Waals surface area contributed by atoms with Crippen LogP contribution in [0.15, 0.2) is 54.6 Å². The number of primary amides is 1. The maximum absolute atomic E-state index is 12.3. The molecule has 6 heteroatoms. The molecule has 0 aromatic heterocycles. The number of nitrogens with two attached hydrogens (primary N) is 1. The van der Waals surface area contributed by atoms with Crippen molar-refractivity contribution in [1.82, 2.24) is 4.90 Å². The van der Waals surface area contributed by atoms with E-state index >= 15 is 0 Å². The molecule has 0 spiro atoms. The summed E-state index contributed by atoms with van der Waals surface area (Å²) in [5.41, 5.74) is 7.97. The number of piperidine rings is 1. The Morgan fingerprint density at radius 1 is 1.23 bits per heavy atom. The van der Waals surface area contributed by atoms with Crippen molar-refractivity contribution in [1.29, 1.82) is 0 Å². The number of esters is 1. The number of rotatable bonds is 7. The van der Waals surface area contributed by atoms with Gasteiger partial charge in [0.2, 0.25) is 5.91 Å². The van der Waals surface area contributed by atoms with Crippen LogP contribution in [0.3, 0.4) is 0 Å². The minimum Gasteiger partial charge on any atom is -1.00 e. The molecule has 3 rings (SSSR count). The molecule has 2 aromatic rings. The van der Waals surface area contributed by atoms with Crippen LogP contribution in [0.5, 0.6) is 5.75 Å². The summed E-state index contributed by atoms with van der Waals surface area (Å²) in [6.45, 7) is 5.55. The molecule has 0 aliphatic carbocycles. The molecule has 162 valence electrons. The van der Waals surface area contributed by atoms with E-state index in [2.05, 4.69) is 24.9 Å². The Hall–Kier alpha value is -1.66. The van der Waals surface area contributed by atoms with Gasteiger partial charge in [0.15, 0.2) is 0 Å². The van der Waals surface area contributed by atoms with E-state index in [0.717, 1.165) is 37.1 Å². The van der Waals surface area contributed by atoms with Crippen molar-refractivity contribution in [3.63, 3.8) is 0 Å². The summed E-state index contributed by atoms with van der Waals surface area (Å²) in [5, 5.41) is 0. The number of amides is 1. The SMILES string of the molecule is CC(=O)Oc1cccc(C2(C)CCN(C)CC2C[C@@H](Cc2ccccc2)C(N)=O)c1.[H-].[Na+]. The second-order valence-corrected chi connectivity index (χ2v) is 8.77. The molecule has 1 saturated heterocycles. The predicted octanol–water partition coefficient (Wildman–Crippen LogP) is 0.672. The Morgan fingerprint density at radius 3 is 2.58 bits per heavy atom. The van der Waals surface area contributed by atoms with E-state index in [4.69, 9.17) is 10.5 Å². The van der Waals surface area contributed by atoms with Crippen molar-refractivity contribution >= 4 is 11.9 Å². The fraction of sp³-hybridized carbons (Fsp3) is 0.440. The van der Waals surface area contributed by atoms with Gasteiger partial charge in [-0.3, -0.25) is 9.59 Å². The van der Waals surface area contributed by atoms with Gasteiger partial charge in [-0.15, -0.1) is 0 Å². The van der Waals surface area contributed by atoms with Gasteiger partial charge in [-0.25, -0.2) is 0 Å². The zero-order chi connectivity index (χ0) is 21.7. The summed E-state index contributed by atoms with van der Waals surface area (Å²) in [6.07, 6.45) is 2.34. The Bertz CT molecular complexity index is 896. The van der Waals surface area contributed by atoms with Crippen molar-refractivity contribution < 1.29 is 45.3 Å². The fourth-order valence-electron chi connectivity index (χ4n) is 4.63. The van der Waals surface area contributed by atoms with Gasteiger partial charge in [-0.1, -0.05) is 49.4 Å². The Labute approximate surface area is 209 Å². The quantitative estimate of drug-likeness (QED) is 0.397. The van der Waals surface area contributed by atoms with Gasteiger partial charge < -0.3 is 16.8 Å². The number of carbonyl (C=O) groups is 2. The van der Waals surface area contributed by atoms with Crippen molar-refractivity contribution in [3.05, 3.63) is 65.7 Å². The minimum atomic E-state index is -0.325. The number of ether oxygens (including phenoxy) is 1. The molecule has 5 nitrogen and oxygen atoms in total. The van der Waals surface area contributed by atoms with E-state index in [1.165, 1.54) is 6.92 Å². The smallest absolute Gasteiger partial charge is 1.00 e. The van der Waals surface area contributed by atoms with Gasteiger partial charge in [0.1, 0.15) is 5.75 Å². The average molecular weight is 433 g/mol. The summed E-state index contributed by atoms with van der Waals surface area (Å²) >= 11 is 0. The number of benzene rings is 2. The van der Waals surface area contributed by atoms with Crippen LogP contribution in [0.25, 0.3) is 0 Å². The summed E-state index contributed by atoms with van der Waals surface area (Å²) < 4.78 is 5.32. The zero-order valence-corrected chi connectivity index (χ0v) is 21.1. The predicted molar refractivity (Wildman–Crippen MR) is 119 cm³/mol. The molecule has 0 saturated carbocycles. The number of carbonyl (C=O) groups excluding carboxylic acids is 2. The molecule has 1 aliphatic heterocycles. The van der Waals surface area contributed by atoms with Crippen LogP contribution >= 0.6 is 0 Å². The van der Waals surface area contributed by atoms with Gasteiger partial charge in [0, 0.05) is 19.4 Å². The molecule has 0 bridgehead atoms.